The molecule has 0 aliphatic carbocycles. The van der Waals surface area contributed by atoms with E-state index in [-0.39, 0.29) is 0 Å². The summed E-state index contributed by atoms with van der Waals surface area (Å²) in [4.78, 5) is 0. The maximum Gasteiger partial charge on any atom is 0.0898 e. The Bertz CT molecular complexity index is 1060. The summed E-state index contributed by atoms with van der Waals surface area (Å²) in [6.45, 7) is 0. The standard InChI is InChI=1S/C16H8S3/c1-3-7-11-9(5-1)13-15-14(19-16(13)18-11)10-6-2-4-8-12(10)17-15/h1-8H. The number of hydrogen-bond acceptors (Lipinski definition) is 3. The maximum absolute atomic E-state index is 2.25. The molecular weight excluding hydrogens is 288 g/mol. The van der Waals surface area contributed by atoms with Gasteiger partial charge >= 0.3 is 0 Å². The van der Waals surface area contributed by atoms with Gasteiger partial charge in [-0.2, -0.15) is 0 Å². The number of rotatable bonds is 0. The van der Waals surface area contributed by atoms with Gasteiger partial charge in [-0.25, -0.2) is 0 Å². The van der Waals surface area contributed by atoms with E-state index < -0.39 is 0 Å². The molecule has 0 radical (unpaired) electrons. The molecule has 5 aromatic rings. The molecule has 0 nitrogen and oxygen atoms in total. The van der Waals surface area contributed by atoms with Gasteiger partial charge in [0.15, 0.2) is 0 Å². The van der Waals surface area contributed by atoms with Gasteiger partial charge in [0.25, 0.3) is 0 Å². The normalized spacial score (nSPS) is 12.2. The molecule has 3 aromatic heterocycles. The summed E-state index contributed by atoms with van der Waals surface area (Å²) in [7, 11) is 0. The largest absolute Gasteiger partial charge is 0.134 e. The summed E-state index contributed by atoms with van der Waals surface area (Å²) in [6, 6.07) is 17.5. The Hall–Kier alpha value is -1.42. The Morgan fingerprint density at radius 3 is 2.11 bits per heavy atom. The van der Waals surface area contributed by atoms with Crippen molar-refractivity contribution in [3.8, 4) is 0 Å². The zero-order chi connectivity index (χ0) is 12.4. The molecular formula is C16H8S3. The van der Waals surface area contributed by atoms with Gasteiger partial charge in [-0.3, -0.25) is 0 Å². The summed E-state index contributed by atoms with van der Waals surface area (Å²) < 4.78 is 7.21. The molecule has 0 fully saturated rings. The fourth-order valence-corrected chi connectivity index (χ4v) is 6.91. The SMILES string of the molecule is c1ccc2c(c1)sc1c2sc2sc3ccccc3c21. The third kappa shape index (κ3) is 1.27. The van der Waals surface area contributed by atoms with Crippen molar-refractivity contribution in [2.75, 3.05) is 0 Å². The second kappa shape index (κ2) is 3.57. The Balaban J connectivity index is 2.12. The van der Waals surface area contributed by atoms with Gasteiger partial charge in [-0.1, -0.05) is 36.4 Å². The van der Waals surface area contributed by atoms with Gasteiger partial charge in [0.05, 0.1) is 13.4 Å². The van der Waals surface area contributed by atoms with Crippen molar-refractivity contribution in [3.05, 3.63) is 48.5 Å². The molecule has 0 saturated carbocycles. The molecule has 0 bridgehead atoms. The summed E-state index contributed by atoms with van der Waals surface area (Å²) in [6.07, 6.45) is 0. The highest BCUT2D eigenvalue weighted by Gasteiger charge is 2.15. The highest BCUT2D eigenvalue weighted by molar-refractivity contribution is 7.47. The molecule has 0 saturated heterocycles. The van der Waals surface area contributed by atoms with Crippen LogP contribution in [0.1, 0.15) is 0 Å². The van der Waals surface area contributed by atoms with E-state index in [1.54, 1.807) is 0 Å². The fourth-order valence-electron chi connectivity index (χ4n) is 2.69. The smallest absolute Gasteiger partial charge is 0.0898 e. The first-order valence-corrected chi connectivity index (χ1v) is 8.58. The summed E-state index contributed by atoms with van der Waals surface area (Å²) in [5.41, 5.74) is 0. The minimum atomic E-state index is 1.40. The summed E-state index contributed by atoms with van der Waals surface area (Å²) >= 11 is 5.81. The number of hydrogen-bond donors (Lipinski definition) is 0. The Kier molecular flexibility index (Phi) is 1.95. The Morgan fingerprint density at radius 2 is 1.26 bits per heavy atom. The van der Waals surface area contributed by atoms with Crippen LogP contribution in [0.2, 0.25) is 0 Å². The molecule has 0 spiro atoms. The quantitative estimate of drug-likeness (QED) is 0.306. The lowest BCUT2D eigenvalue weighted by Crippen LogP contribution is -1.60. The van der Waals surface area contributed by atoms with E-state index in [4.69, 9.17) is 0 Å². The predicted octanol–water partition coefficient (Wildman–Crippen LogP) is 6.48. The van der Waals surface area contributed by atoms with E-state index in [1.165, 1.54) is 39.0 Å². The van der Waals surface area contributed by atoms with Crippen LogP contribution in [-0.2, 0) is 0 Å². The molecule has 90 valence electrons. The lowest BCUT2D eigenvalue weighted by molar-refractivity contribution is 1.87. The molecule has 0 N–H and O–H groups in total. The van der Waals surface area contributed by atoms with Crippen molar-refractivity contribution >= 4 is 73.0 Å². The fraction of sp³-hybridized carbons (Fsp3) is 0. The Morgan fingerprint density at radius 1 is 0.579 bits per heavy atom. The first kappa shape index (κ1) is 10.4. The molecule has 3 heteroatoms. The molecule has 0 amide bonds. The monoisotopic (exact) mass is 296 g/mol. The average Bonchev–Trinajstić information content (AvgIpc) is 3.05. The van der Waals surface area contributed by atoms with Gasteiger partial charge in [-0.05, 0) is 12.1 Å². The van der Waals surface area contributed by atoms with Gasteiger partial charge in [0.1, 0.15) is 0 Å². The molecule has 5 rings (SSSR count). The van der Waals surface area contributed by atoms with Crippen LogP contribution in [0.4, 0.5) is 0 Å². The van der Waals surface area contributed by atoms with Gasteiger partial charge < -0.3 is 0 Å². The van der Waals surface area contributed by atoms with E-state index in [1.807, 2.05) is 34.0 Å². The van der Waals surface area contributed by atoms with Crippen LogP contribution in [0.25, 0.3) is 39.0 Å². The highest BCUT2D eigenvalue weighted by Crippen LogP contribution is 2.49. The van der Waals surface area contributed by atoms with Crippen LogP contribution in [0.3, 0.4) is 0 Å². The zero-order valence-electron chi connectivity index (χ0n) is 9.84. The molecule has 0 aliphatic rings. The van der Waals surface area contributed by atoms with E-state index in [9.17, 15) is 0 Å². The van der Waals surface area contributed by atoms with E-state index in [0.29, 0.717) is 0 Å². The predicted molar refractivity (Wildman–Crippen MR) is 90.1 cm³/mol. The first-order valence-electron chi connectivity index (χ1n) is 6.13. The molecule has 19 heavy (non-hydrogen) atoms. The average molecular weight is 296 g/mol. The molecule has 0 atom stereocenters. The van der Waals surface area contributed by atoms with E-state index >= 15 is 0 Å². The second-order valence-electron chi connectivity index (χ2n) is 4.62. The molecule has 0 unspecified atom stereocenters. The van der Waals surface area contributed by atoms with Crippen LogP contribution in [0, 0.1) is 0 Å². The summed E-state index contributed by atoms with van der Waals surface area (Å²) in [5.74, 6) is 0. The maximum atomic E-state index is 2.25. The molecule has 2 aromatic carbocycles. The lowest BCUT2D eigenvalue weighted by atomic mass is 10.2. The van der Waals surface area contributed by atoms with Crippen molar-refractivity contribution in [1.82, 2.24) is 0 Å². The lowest BCUT2D eigenvalue weighted by Gasteiger charge is -1.87. The van der Waals surface area contributed by atoms with Crippen molar-refractivity contribution in [1.29, 1.82) is 0 Å². The first-order chi connectivity index (χ1) is 9.42. The molecule has 3 heterocycles. The van der Waals surface area contributed by atoms with Crippen LogP contribution >= 0.6 is 34.0 Å². The van der Waals surface area contributed by atoms with Gasteiger partial charge in [-0.15, -0.1) is 34.0 Å². The highest BCUT2D eigenvalue weighted by atomic mass is 32.2. The van der Waals surface area contributed by atoms with E-state index in [0.717, 1.165) is 0 Å². The van der Waals surface area contributed by atoms with Crippen LogP contribution in [-0.4, -0.2) is 0 Å². The third-order valence-corrected chi connectivity index (χ3v) is 7.34. The van der Waals surface area contributed by atoms with Crippen LogP contribution in [0.15, 0.2) is 48.5 Å². The van der Waals surface area contributed by atoms with E-state index in [2.05, 4.69) is 48.5 Å². The van der Waals surface area contributed by atoms with Crippen LogP contribution < -0.4 is 0 Å². The van der Waals surface area contributed by atoms with Crippen LogP contribution in [0.5, 0.6) is 0 Å². The zero-order valence-corrected chi connectivity index (χ0v) is 12.3. The minimum absolute atomic E-state index is 1.40. The van der Waals surface area contributed by atoms with Crippen molar-refractivity contribution in [2.45, 2.75) is 0 Å². The topological polar surface area (TPSA) is 0 Å². The van der Waals surface area contributed by atoms with Crippen molar-refractivity contribution in [3.63, 3.8) is 0 Å². The Labute approximate surface area is 121 Å². The third-order valence-electron chi connectivity index (χ3n) is 3.53. The number of benzene rings is 2. The van der Waals surface area contributed by atoms with Crippen molar-refractivity contribution < 1.29 is 0 Å². The number of thiophene rings is 3. The van der Waals surface area contributed by atoms with Gasteiger partial charge in [0, 0.05) is 25.6 Å². The second-order valence-corrected chi connectivity index (χ2v) is 8.00. The molecule has 0 aliphatic heterocycles. The number of fused-ring (bicyclic) bond motifs is 7. The van der Waals surface area contributed by atoms with Crippen molar-refractivity contribution in [2.24, 2.45) is 0 Å². The minimum Gasteiger partial charge on any atom is -0.134 e. The summed E-state index contributed by atoms with van der Waals surface area (Å²) in [5, 5.41) is 4.31. The van der Waals surface area contributed by atoms with Gasteiger partial charge in [0.2, 0.25) is 0 Å².